The average molecular weight is 311 g/mol. The number of benzene rings is 1. The van der Waals surface area contributed by atoms with Crippen molar-refractivity contribution in [1.82, 2.24) is 10.2 Å². The number of carbonyl (C=O) groups excluding carboxylic acids is 1. The van der Waals surface area contributed by atoms with E-state index in [4.69, 9.17) is 11.6 Å². The molecule has 2 N–H and O–H groups in total. The van der Waals surface area contributed by atoms with Crippen LogP contribution in [0.15, 0.2) is 24.3 Å². The van der Waals surface area contributed by atoms with Crippen LogP contribution in [0.25, 0.3) is 0 Å². The molecule has 1 aliphatic rings. The Balaban J connectivity index is 1.69. The third-order valence-corrected chi connectivity index (χ3v) is 4.08. The maximum atomic E-state index is 11.8. The van der Waals surface area contributed by atoms with Crippen LogP contribution < -0.4 is 5.32 Å². The molecule has 21 heavy (non-hydrogen) atoms. The van der Waals surface area contributed by atoms with Crippen molar-refractivity contribution >= 4 is 17.5 Å². The molecule has 0 bridgehead atoms. The number of rotatable bonds is 8. The van der Waals surface area contributed by atoms with Gasteiger partial charge in [-0.15, -0.1) is 0 Å². The lowest BCUT2D eigenvalue weighted by atomic mass is 10.1. The molecule has 0 aliphatic heterocycles. The van der Waals surface area contributed by atoms with E-state index < -0.39 is 6.10 Å². The summed E-state index contributed by atoms with van der Waals surface area (Å²) in [6, 6.07) is 7.63. The van der Waals surface area contributed by atoms with Gasteiger partial charge in [-0.2, -0.15) is 0 Å². The van der Waals surface area contributed by atoms with E-state index in [0.717, 1.165) is 13.1 Å². The number of nitrogens with zero attached hydrogens (tertiary/aromatic N) is 1. The third-order valence-electron chi connectivity index (χ3n) is 3.82. The Morgan fingerprint density at radius 3 is 2.67 bits per heavy atom. The molecule has 1 aromatic rings. The van der Waals surface area contributed by atoms with Gasteiger partial charge in [0.05, 0.1) is 12.5 Å². The molecule has 5 heteroatoms. The Labute approximate surface area is 131 Å². The highest BCUT2D eigenvalue weighted by Gasteiger charge is 2.27. The first-order valence-corrected chi connectivity index (χ1v) is 7.92. The van der Waals surface area contributed by atoms with E-state index in [1.165, 1.54) is 12.8 Å². The van der Waals surface area contributed by atoms with Crippen molar-refractivity contribution in [1.29, 1.82) is 0 Å². The summed E-state index contributed by atoms with van der Waals surface area (Å²) in [4.78, 5) is 14.2. The molecule has 0 heterocycles. The number of hydrogen-bond donors (Lipinski definition) is 2. The summed E-state index contributed by atoms with van der Waals surface area (Å²) in [6.45, 7) is 4.68. The molecule has 1 atom stereocenters. The second-order valence-corrected chi connectivity index (χ2v) is 5.92. The van der Waals surface area contributed by atoms with E-state index in [0.29, 0.717) is 23.2 Å². The molecular formula is C16H23ClN2O2. The Hall–Kier alpha value is -1.10. The normalized spacial score (nSPS) is 16.0. The topological polar surface area (TPSA) is 52.6 Å². The van der Waals surface area contributed by atoms with Crippen molar-refractivity contribution in [3.63, 3.8) is 0 Å². The molecule has 0 saturated heterocycles. The van der Waals surface area contributed by atoms with E-state index >= 15 is 0 Å². The van der Waals surface area contributed by atoms with Crippen LogP contribution >= 0.6 is 11.6 Å². The Morgan fingerprint density at radius 2 is 2.10 bits per heavy atom. The van der Waals surface area contributed by atoms with E-state index in [1.807, 2.05) is 0 Å². The molecule has 1 saturated carbocycles. The number of halogens is 1. The SMILES string of the molecule is CCN(CCNC(=O)CC(O)c1ccc(Cl)cc1)C1CC1. The highest BCUT2D eigenvalue weighted by atomic mass is 35.5. The van der Waals surface area contributed by atoms with Crippen LogP contribution in [0.2, 0.25) is 5.02 Å². The van der Waals surface area contributed by atoms with E-state index in [2.05, 4.69) is 17.1 Å². The summed E-state index contributed by atoms with van der Waals surface area (Å²) >= 11 is 5.80. The van der Waals surface area contributed by atoms with Crippen molar-refractivity contribution in [2.75, 3.05) is 19.6 Å². The molecule has 1 aromatic carbocycles. The molecule has 4 nitrogen and oxygen atoms in total. The zero-order chi connectivity index (χ0) is 15.2. The van der Waals surface area contributed by atoms with Gasteiger partial charge in [-0.3, -0.25) is 9.69 Å². The van der Waals surface area contributed by atoms with Crippen molar-refractivity contribution in [2.45, 2.75) is 38.3 Å². The quantitative estimate of drug-likeness (QED) is 0.775. The lowest BCUT2D eigenvalue weighted by Gasteiger charge is -2.20. The van der Waals surface area contributed by atoms with Crippen molar-refractivity contribution in [2.24, 2.45) is 0 Å². The van der Waals surface area contributed by atoms with Gasteiger partial charge >= 0.3 is 0 Å². The molecule has 2 rings (SSSR count). The number of nitrogens with one attached hydrogen (secondary N) is 1. The van der Waals surface area contributed by atoms with Gasteiger partial charge in [0.2, 0.25) is 5.91 Å². The largest absolute Gasteiger partial charge is 0.388 e. The van der Waals surface area contributed by atoms with Crippen LogP contribution in [0.4, 0.5) is 0 Å². The third kappa shape index (κ3) is 5.30. The van der Waals surface area contributed by atoms with Crippen LogP contribution in [0.1, 0.15) is 37.9 Å². The second kappa shape index (κ2) is 7.78. The Bertz CT molecular complexity index is 460. The molecule has 116 valence electrons. The van der Waals surface area contributed by atoms with Crippen LogP contribution in [-0.4, -0.2) is 41.6 Å². The lowest BCUT2D eigenvalue weighted by molar-refractivity contribution is -0.123. The van der Waals surface area contributed by atoms with Gasteiger partial charge in [0.1, 0.15) is 0 Å². The zero-order valence-corrected chi connectivity index (χ0v) is 13.1. The molecule has 0 radical (unpaired) electrons. The van der Waals surface area contributed by atoms with E-state index in [-0.39, 0.29) is 12.3 Å². The van der Waals surface area contributed by atoms with Crippen molar-refractivity contribution in [3.05, 3.63) is 34.9 Å². The first-order chi connectivity index (χ1) is 10.1. The van der Waals surface area contributed by atoms with Crippen LogP contribution in [0, 0.1) is 0 Å². The summed E-state index contributed by atoms with van der Waals surface area (Å²) < 4.78 is 0. The van der Waals surface area contributed by atoms with Crippen molar-refractivity contribution in [3.8, 4) is 0 Å². The highest BCUT2D eigenvalue weighted by molar-refractivity contribution is 6.30. The maximum absolute atomic E-state index is 11.8. The van der Waals surface area contributed by atoms with Crippen LogP contribution in [0.5, 0.6) is 0 Å². The number of aliphatic hydroxyl groups excluding tert-OH is 1. The van der Waals surface area contributed by atoms with Gasteiger partial charge in [-0.1, -0.05) is 30.7 Å². The summed E-state index contributed by atoms with van der Waals surface area (Å²) in [5.41, 5.74) is 0.711. The molecule has 1 fully saturated rings. The van der Waals surface area contributed by atoms with E-state index in [1.54, 1.807) is 24.3 Å². The minimum Gasteiger partial charge on any atom is -0.388 e. The van der Waals surface area contributed by atoms with Gasteiger partial charge in [-0.25, -0.2) is 0 Å². The standard InChI is InChI=1S/C16H23ClN2O2/c1-2-19(14-7-8-14)10-9-18-16(21)11-15(20)12-3-5-13(17)6-4-12/h3-6,14-15,20H,2,7-11H2,1H3,(H,18,21). The van der Waals surface area contributed by atoms with Gasteiger partial charge in [0.15, 0.2) is 0 Å². The second-order valence-electron chi connectivity index (χ2n) is 5.48. The first-order valence-electron chi connectivity index (χ1n) is 7.54. The summed E-state index contributed by atoms with van der Waals surface area (Å²) in [6.07, 6.45) is 1.85. The minimum atomic E-state index is -0.784. The van der Waals surface area contributed by atoms with Gasteiger partial charge < -0.3 is 10.4 Å². The fourth-order valence-electron chi connectivity index (χ4n) is 2.43. The smallest absolute Gasteiger partial charge is 0.223 e. The average Bonchev–Trinajstić information content (AvgIpc) is 3.29. The highest BCUT2D eigenvalue weighted by Crippen LogP contribution is 2.25. The van der Waals surface area contributed by atoms with Crippen molar-refractivity contribution < 1.29 is 9.90 Å². The number of amides is 1. The minimum absolute atomic E-state index is 0.0805. The zero-order valence-electron chi connectivity index (χ0n) is 12.4. The Kier molecular flexibility index (Phi) is 6.03. The summed E-state index contributed by atoms with van der Waals surface area (Å²) in [5.74, 6) is -0.121. The predicted molar refractivity (Wildman–Crippen MR) is 84.3 cm³/mol. The van der Waals surface area contributed by atoms with Gasteiger partial charge in [-0.05, 0) is 37.1 Å². The molecule has 1 aliphatic carbocycles. The predicted octanol–water partition coefficient (Wildman–Crippen LogP) is 2.36. The first kappa shape index (κ1) is 16.3. The number of hydrogen-bond acceptors (Lipinski definition) is 3. The fourth-order valence-corrected chi connectivity index (χ4v) is 2.55. The molecule has 1 amide bonds. The molecule has 0 aromatic heterocycles. The van der Waals surface area contributed by atoms with Gasteiger partial charge in [0, 0.05) is 24.2 Å². The van der Waals surface area contributed by atoms with Crippen LogP contribution in [-0.2, 0) is 4.79 Å². The molecule has 0 spiro atoms. The van der Waals surface area contributed by atoms with Crippen LogP contribution in [0.3, 0.4) is 0 Å². The van der Waals surface area contributed by atoms with Gasteiger partial charge in [0.25, 0.3) is 0 Å². The number of carbonyl (C=O) groups is 1. The summed E-state index contributed by atoms with van der Waals surface area (Å²) in [7, 11) is 0. The lowest BCUT2D eigenvalue weighted by Crippen LogP contribution is -2.36. The molecular weight excluding hydrogens is 288 g/mol. The number of aliphatic hydroxyl groups is 1. The Morgan fingerprint density at radius 1 is 1.43 bits per heavy atom. The number of likely N-dealkylation sites (N-methyl/N-ethyl adjacent to an activating group) is 1. The van der Waals surface area contributed by atoms with E-state index in [9.17, 15) is 9.90 Å². The monoisotopic (exact) mass is 310 g/mol. The maximum Gasteiger partial charge on any atom is 0.223 e. The summed E-state index contributed by atoms with van der Waals surface area (Å²) in [5, 5.41) is 13.5. The molecule has 1 unspecified atom stereocenters. The fraction of sp³-hybridized carbons (Fsp3) is 0.562.